The minimum atomic E-state index is 0.812. The Hall–Kier alpha value is -1.18. The van der Waals surface area contributed by atoms with E-state index in [1.165, 1.54) is 42.7 Å². The fraction of sp³-hybridized carbons (Fsp3) is 0.571. The molecule has 0 spiro atoms. The molecule has 1 aliphatic rings. The Morgan fingerprint density at radius 2 is 1.88 bits per heavy atom. The summed E-state index contributed by atoms with van der Waals surface area (Å²) in [5, 5.41) is 0. The van der Waals surface area contributed by atoms with Crippen molar-refractivity contribution in [3.63, 3.8) is 0 Å². The zero-order valence-electron chi connectivity index (χ0n) is 10.6. The van der Waals surface area contributed by atoms with Gasteiger partial charge in [-0.3, -0.25) is 0 Å². The molecule has 88 valence electrons. The van der Waals surface area contributed by atoms with E-state index < -0.39 is 0 Å². The van der Waals surface area contributed by atoms with Gasteiger partial charge in [-0.15, -0.1) is 0 Å². The molecule has 0 radical (unpaired) electrons. The lowest BCUT2D eigenvalue weighted by Crippen LogP contribution is -2.34. The third kappa shape index (κ3) is 2.16. The number of aryl methyl sites for hydroxylation is 2. The van der Waals surface area contributed by atoms with Crippen molar-refractivity contribution >= 4 is 11.4 Å². The molecule has 0 saturated carbocycles. The third-order valence-electron chi connectivity index (χ3n) is 3.60. The molecule has 0 aromatic heterocycles. The van der Waals surface area contributed by atoms with Crippen molar-refractivity contribution in [2.24, 2.45) is 5.92 Å². The van der Waals surface area contributed by atoms with E-state index >= 15 is 0 Å². The van der Waals surface area contributed by atoms with Gasteiger partial charge in [0, 0.05) is 24.5 Å². The van der Waals surface area contributed by atoms with E-state index in [9.17, 15) is 0 Å². The van der Waals surface area contributed by atoms with Crippen LogP contribution in [0.25, 0.3) is 0 Å². The second-order valence-corrected chi connectivity index (χ2v) is 5.19. The van der Waals surface area contributed by atoms with Crippen molar-refractivity contribution in [3.05, 3.63) is 23.3 Å². The number of hydrogen-bond acceptors (Lipinski definition) is 2. The summed E-state index contributed by atoms with van der Waals surface area (Å²) in [6, 6.07) is 4.45. The van der Waals surface area contributed by atoms with E-state index in [1.807, 2.05) is 0 Å². The molecular weight excluding hydrogens is 196 g/mol. The molecule has 1 aliphatic heterocycles. The molecule has 1 atom stereocenters. The van der Waals surface area contributed by atoms with Gasteiger partial charge in [-0.25, -0.2) is 0 Å². The molecular formula is C14H22N2. The van der Waals surface area contributed by atoms with Crippen LogP contribution in [0.5, 0.6) is 0 Å². The quantitative estimate of drug-likeness (QED) is 0.734. The molecule has 1 heterocycles. The first-order valence-electron chi connectivity index (χ1n) is 6.19. The number of nitrogens with zero attached hydrogens (tertiary/aromatic N) is 1. The van der Waals surface area contributed by atoms with Crippen LogP contribution in [0.3, 0.4) is 0 Å². The van der Waals surface area contributed by atoms with Crippen LogP contribution in [0.15, 0.2) is 12.1 Å². The standard InChI is InChI=1S/C14H22N2/c1-10-5-4-6-16(9-10)13-7-11(2)14(15)12(3)8-13/h7-8,10H,4-6,9,15H2,1-3H3. The predicted molar refractivity (Wildman–Crippen MR) is 70.9 cm³/mol. The van der Waals surface area contributed by atoms with Crippen LogP contribution in [0.1, 0.15) is 30.9 Å². The molecule has 1 aromatic carbocycles. The summed E-state index contributed by atoms with van der Waals surface area (Å²) in [6.07, 6.45) is 2.67. The van der Waals surface area contributed by atoms with Crippen LogP contribution in [-0.4, -0.2) is 13.1 Å². The van der Waals surface area contributed by atoms with Crippen LogP contribution in [-0.2, 0) is 0 Å². The van der Waals surface area contributed by atoms with Crippen LogP contribution >= 0.6 is 0 Å². The molecule has 0 bridgehead atoms. The van der Waals surface area contributed by atoms with Crippen molar-refractivity contribution in [1.29, 1.82) is 0 Å². The first-order valence-corrected chi connectivity index (χ1v) is 6.19. The van der Waals surface area contributed by atoms with Crippen LogP contribution < -0.4 is 10.6 Å². The Kier molecular flexibility index (Phi) is 3.08. The van der Waals surface area contributed by atoms with E-state index in [0.717, 1.165) is 11.6 Å². The van der Waals surface area contributed by atoms with E-state index in [1.54, 1.807) is 0 Å². The van der Waals surface area contributed by atoms with Gasteiger partial charge in [0.15, 0.2) is 0 Å². The van der Waals surface area contributed by atoms with Crippen molar-refractivity contribution in [3.8, 4) is 0 Å². The molecule has 1 fully saturated rings. The Morgan fingerprint density at radius 1 is 1.25 bits per heavy atom. The van der Waals surface area contributed by atoms with Gasteiger partial charge in [-0.05, 0) is 55.9 Å². The monoisotopic (exact) mass is 218 g/mol. The lowest BCUT2D eigenvalue weighted by Gasteiger charge is -2.33. The average Bonchev–Trinajstić information content (AvgIpc) is 2.25. The Morgan fingerprint density at radius 3 is 2.44 bits per heavy atom. The largest absolute Gasteiger partial charge is 0.398 e. The van der Waals surface area contributed by atoms with Gasteiger partial charge in [-0.1, -0.05) is 6.92 Å². The summed E-state index contributed by atoms with van der Waals surface area (Å²) in [6.45, 7) is 8.90. The lowest BCUT2D eigenvalue weighted by molar-refractivity contribution is 0.447. The fourth-order valence-corrected chi connectivity index (χ4v) is 2.56. The normalized spacial score (nSPS) is 21.2. The van der Waals surface area contributed by atoms with E-state index in [4.69, 9.17) is 5.73 Å². The maximum absolute atomic E-state index is 5.99. The third-order valence-corrected chi connectivity index (χ3v) is 3.60. The Balaban J connectivity index is 2.26. The molecule has 1 aromatic rings. The topological polar surface area (TPSA) is 29.3 Å². The summed E-state index contributed by atoms with van der Waals surface area (Å²) >= 11 is 0. The molecule has 1 unspecified atom stereocenters. The molecule has 0 amide bonds. The maximum Gasteiger partial charge on any atom is 0.0374 e. The van der Waals surface area contributed by atoms with Gasteiger partial charge < -0.3 is 10.6 Å². The Bertz CT molecular complexity index is 361. The highest BCUT2D eigenvalue weighted by molar-refractivity contribution is 5.62. The summed E-state index contributed by atoms with van der Waals surface area (Å²) in [5.74, 6) is 0.812. The molecule has 0 aliphatic carbocycles. The van der Waals surface area contributed by atoms with Crippen molar-refractivity contribution < 1.29 is 0 Å². The molecule has 1 saturated heterocycles. The predicted octanol–water partition coefficient (Wildman–Crippen LogP) is 3.12. The molecule has 2 N–H and O–H groups in total. The summed E-state index contributed by atoms with van der Waals surface area (Å²) in [7, 11) is 0. The SMILES string of the molecule is Cc1cc(N2CCCC(C)C2)cc(C)c1N. The van der Waals surface area contributed by atoms with E-state index in [2.05, 4.69) is 37.8 Å². The highest BCUT2D eigenvalue weighted by Crippen LogP contribution is 2.28. The number of benzene rings is 1. The molecule has 2 heteroatoms. The minimum Gasteiger partial charge on any atom is -0.398 e. The Labute approximate surface area is 98.4 Å². The maximum atomic E-state index is 5.99. The number of nitrogen functional groups attached to an aromatic ring is 1. The fourth-order valence-electron chi connectivity index (χ4n) is 2.56. The highest BCUT2D eigenvalue weighted by atomic mass is 15.1. The van der Waals surface area contributed by atoms with Gasteiger partial charge in [0.1, 0.15) is 0 Å². The highest BCUT2D eigenvalue weighted by Gasteiger charge is 2.17. The number of anilines is 2. The number of hydrogen-bond donors (Lipinski definition) is 1. The lowest BCUT2D eigenvalue weighted by atomic mass is 9.98. The van der Waals surface area contributed by atoms with E-state index in [0.29, 0.717) is 0 Å². The van der Waals surface area contributed by atoms with Crippen LogP contribution in [0.4, 0.5) is 11.4 Å². The summed E-state index contributed by atoms with van der Waals surface area (Å²) in [4.78, 5) is 2.49. The zero-order chi connectivity index (χ0) is 11.7. The molecule has 2 nitrogen and oxygen atoms in total. The molecule has 16 heavy (non-hydrogen) atoms. The summed E-state index contributed by atoms with van der Waals surface area (Å²) in [5.41, 5.74) is 10.7. The van der Waals surface area contributed by atoms with Gasteiger partial charge in [-0.2, -0.15) is 0 Å². The minimum absolute atomic E-state index is 0.812. The second-order valence-electron chi connectivity index (χ2n) is 5.19. The first kappa shape index (κ1) is 11.3. The first-order chi connectivity index (χ1) is 7.58. The number of rotatable bonds is 1. The molecule has 2 rings (SSSR count). The number of piperidine rings is 1. The average molecular weight is 218 g/mol. The summed E-state index contributed by atoms with van der Waals surface area (Å²) < 4.78 is 0. The smallest absolute Gasteiger partial charge is 0.0374 e. The van der Waals surface area contributed by atoms with Gasteiger partial charge in [0.05, 0.1) is 0 Å². The second kappa shape index (κ2) is 4.36. The number of nitrogens with two attached hydrogens (primary N) is 1. The van der Waals surface area contributed by atoms with Crippen LogP contribution in [0.2, 0.25) is 0 Å². The van der Waals surface area contributed by atoms with Crippen molar-refractivity contribution in [2.45, 2.75) is 33.6 Å². The van der Waals surface area contributed by atoms with E-state index in [-0.39, 0.29) is 0 Å². The van der Waals surface area contributed by atoms with Crippen LogP contribution in [0, 0.1) is 19.8 Å². The van der Waals surface area contributed by atoms with Gasteiger partial charge >= 0.3 is 0 Å². The van der Waals surface area contributed by atoms with Crippen molar-refractivity contribution in [1.82, 2.24) is 0 Å². The zero-order valence-corrected chi connectivity index (χ0v) is 10.6. The van der Waals surface area contributed by atoms with Gasteiger partial charge in [0.2, 0.25) is 0 Å². The van der Waals surface area contributed by atoms with Gasteiger partial charge in [0.25, 0.3) is 0 Å². The van der Waals surface area contributed by atoms with Crippen molar-refractivity contribution in [2.75, 3.05) is 23.7 Å².